The number of nitrogens with two attached hydrogens (primary N) is 1. The van der Waals surface area contributed by atoms with E-state index in [0.29, 0.717) is 0 Å². The molecule has 0 aliphatic carbocycles. The molecule has 0 aliphatic heterocycles. The van der Waals surface area contributed by atoms with Crippen LogP contribution in [-0.4, -0.2) is 19.8 Å². The molecule has 5 nitrogen and oxygen atoms in total. The Morgan fingerprint density at radius 1 is 1.25 bits per heavy atom. The molecule has 0 saturated carbocycles. The van der Waals surface area contributed by atoms with Gasteiger partial charge in [-0.1, -0.05) is 61.4 Å². The Morgan fingerprint density at radius 3 is 2.80 bits per heavy atom. The fourth-order valence-corrected chi connectivity index (χ4v) is 2.97. The molecule has 0 fully saturated rings. The number of nitrogens with zero attached hydrogens (tertiary/aromatic N) is 4. The van der Waals surface area contributed by atoms with Crippen molar-refractivity contribution >= 4 is 16.3 Å². The van der Waals surface area contributed by atoms with Crippen LogP contribution in [0.4, 0.5) is 0 Å². The molecule has 3 rings (SSSR count). The van der Waals surface area contributed by atoms with Gasteiger partial charge in [0, 0.05) is 5.56 Å². The highest BCUT2D eigenvalue weighted by Gasteiger charge is 2.16. The van der Waals surface area contributed by atoms with Gasteiger partial charge in [0.15, 0.2) is 5.82 Å². The van der Waals surface area contributed by atoms with E-state index in [9.17, 15) is 0 Å². The van der Waals surface area contributed by atoms with E-state index in [1.807, 2.05) is 30.3 Å². The minimum absolute atomic E-state index is 0.00901. The molecule has 20 heavy (non-hydrogen) atoms. The summed E-state index contributed by atoms with van der Waals surface area (Å²) in [5, 5.41) is 13.9. The maximum Gasteiger partial charge on any atom is 0.235 e. The Kier molecular flexibility index (Phi) is 3.75. The fraction of sp³-hybridized carbons (Fsp3) is 0.357. The van der Waals surface area contributed by atoms with Crippen LogP contribution in [0.2, 0.25) is 0 Å². The number of rotatable bonds is 5. The van der Waals surface area contributed by atoms with Crippen LogP contribution in [0, 0.1) is 0 Å². The molecule has 0 amide bonds. The van der Waals surface area contributed by atoms with Crippen molar-refractivity contribution in [1.29, 1.82) is 0 Å². The van der Waals surface area contributed by atoms with E-state index in [1.165, 1.54) is 11.3 Å². The first-order valence-corrected chi connectivity index (χ1v) is 7.64. The minimum atomic E-state index is -0.00901. The second-order valence-electron chi connectivity index (χ2n) is 4.77. The van der Waals surface area contributed by atoms with Gasteiger partial charge in [0.25, 0.3) is 0 Å². The quantitative estimate of drug-likeness (QED) is 0.783. The first-order valence-electron chi connectivity index (χ1n) is 6.82. The van der Waals surface area contributed by atoms with Gasteiger partial charge in [-0.15, -0.1) is 10.2 Å². The first kappa shape index (κ1) is 13.2. The van der Waals surface area contributed by atoms with Gasteiger partial charge in [0.1, 0.15) is 5.01 Å². The molecule has 104 valence electrons. The molecular formula is C14H17N5S. The Labute approximate surface area is 121 Å². The lowest BCUT2D eigenvalue weighted by Crippen LogP contribution is -2.10. The van der Waals surface area contributed by atoms with Gasteiger partial charge in [0.05, 0.1) is 6.04 Å². The summed E-state index contributed by atoms with van der Waals surface area (Å²) in [6, 6.07) is 9.95. The van der Waals surface area contributed by atoms with Crippen LogP contribution in [0.25, 0.3) is 16.3 Å². The average Bonchev–Trinajstić information content (AvgIpc) is 3.05. The fourth-order valence-electron chi connectivity index (χ4n) is 2.10. The molecule has 2 N–H and O–H groups in total. The molecule has 6 heteroatoms. The van der Waals surface area contributed by atoms with E-state index in [-0.39, 0.29) is 6.04 Å². The SMILES string of the molecule is CCCCC(N)c1nn2c(-c3ccccc3)nnc2s1. The van der Waals surface area contributed by atoms with Crippen molar-refractivity contribution in [3.8, 4) is 11.4 Å². The predicted octanol–water partition coefficient (Wildman–Crippen LogP) is 3.04. The van der Waals surface area contributed by atoms with E-state index in [1.54, 1.807) is 4.52 Å². The van der Waals surface area contributed by atoms with Gasteiger partial charge in [-0.3, -0.25) is 0 Å². The Bertz CT molecular complexity index is 688. The average molecular weight is 287 g/mol. The lowest BCUT2D eigenvalue weighted by atomic mass is 10.1. The largest absolute Gasteiger partial charge is 0.322 e. The second-order valence-corrected chi connectivity index (χ2v) is 5.76. The summed E-state index contributed by atoms with van der Waals surface area (Å²) in [7, 11) is 0. The van der Waals surface area contributed by atoms with E-state index in [4.69, 9.17) is 5.73 Å². The normalized spacial score (nSPS) is 12.9. The molecule has 0 aliphatic rings. The van der Waals surface area contributed by atoms with Crippen LogP contribution < -0.4 is 5.73 Å². The summed E-state index contributed by atoms with van der Waals surface area (Å²) in [5.74, 6) is 0.769. The van der Waals surface area contributed by atoms with Crippen LogP contribution in [-0.2, 0) is 0 Å². The van der Waals surface area contributed by atoms with Crippen molar-refractivity contribution in [2.24, 2.45) is 5.73 Å². The zero-order valence-electron chi connectivity index (χ0n) is 11.4. The van der Waals surface area contributed by atoms with Crippen molar-refractivity contribution in [1.82, 2.24) is 19.8 Å². The van der Waals surface area contributed by atoms with Crippen molar-refractivity contribution in [3.05, 3.63) is 35.3 Å². The van der Waals surface area contributed by atoms with Crippen LogP contribution in [0.15, 0.2) is 30.3 Å². The summed E-state index contributed by atoms with van der Waals surface area (Å²) in [4.78, 5) is 0.797. The van der Waals surface area contributed by atoms with Crippen LogP contribution >= 0.6 is 11.3 Å². The summed E-state index contributed by atoms with van der Waals surface area (Å²) in [6.45, 7) is 2.17. The third-order valence-electron chi connectivity index (χ3n) is 3.22. The third-order valence-corrected chi connectivity index (χ3v) is 4.26. The maximum absolute atomic E-state index is 6.18. The smallest absolute Gasteiger partial charge is 0.235 e. The molecule has 2 heterocycles. The van der Waals surface area contributed by atoms with E-state index in [0.717, 1.165) is 40.6 Å². The summed E-state index contributed by atoms with van der Waals surface area (Å²) < 4.78 is 1.79. The number of unbranched alkanes of at least 4 members (excludes halogenated alkanes) is 1. The van der Waals surface area contributed by atoms with Crippen molar-refractivity contribution < 1.29 is 0 Å². The molecule has 0 bridgehead atoms. The molecule has 1 atom stereocenters. The molecular weight excluding hydrogens is 270 g/mol. The van der Waals surface area contributed by atoms with Crippen molar-refractivity contribution in [2.45, 2.75) is 32.2 Å². The number of fused-ring (bicyclic) bond motifs is 1. The Morgan fingerprint density at radius 2 is 2.05 bits per heavy atom. The maximum atomic E-state index is 6.18. The van der Waals surface area contributed by atoms with Crippen LogP contribution in [0.5, 0.6) is 0 Å². The van der Waals surface area contributed by atoms with Gasteiger partial charge in [0.2, 0.25) is 4.96 Å². The first-order chi connectivity index (χ1) is 9.79. The molecule has 2 aromatic heterocycles. The zero-order chi connectivity index (χ0) is 13.9. The monoisotopic (exact) mass is 287 g/mol. The zero-order valence-corrected chi connectivity index (χ0v) is 12.2. The summed E-state index contributed by atoms with van der Waals surface area (Å²) in [6.07, 6.45) is 3.22. The van der Waals surface area contributed by atoms with E-state index < -0.39 is 0 Å². The van der Waals surface area contributed by atoms with Crippen molar-refractivity contribution in [2.75, 3.05) is 0 Å². The number of hydrogen-bond acceptors (Lipinski definition) is 5. The van der Waals surface area contributed by atoms with E-state index >= 15 is 0 Å². The van der Waals surface area contributed by atoms with Gasteiger partial charge in [-0.25, -0.2) is 0 Å². The topological polar surface area (TPSA) is 69.1 Å². The highest BCUT2D eigenvalue weighted by Crippen LogP contribution is 2.25. The van der Waals surface area contributed by atoms with Gasteiger partial charge in [-0.05, 0) is 6.42 Å². The molecule has 1 aromatic carbocycles. The van der Waals surface area contributed by atoms with Crippen LogP contribution in [0.3, 0.4) is 0 Å². The molecule has 0 saturated heterocycles. The highest BCUT2D eigenvalue weighted by atomic mass is 32.1. The summed E-state index contributed by atoms with van der Waals surface area (Å²) >= 11 is 1.52. The highest BCUT2D eigenvalue weighted by molar-refractivity contribution is 7.16. The van der Waals surface area contributed by atoms with Crippen LogP contribution in [0.1, 0.15) is 37.2 Å². The Balaban J connectivity index is 1.95. The molecule has 0 radical (unpaired) electrons. The molecule has 0 spiro atoms. The van der Waals surface area contributed by atoms with Gasteiger partial charge in [-0.2, -0.15) is 9.61 Å². The van der Waals surface area contributed by atoms with E-state index in [2.05, 4.69) is 22.2 Å². The molecule has 1 unspecified atom stereocenters. The number of hydrogen-bond donors (Lipinski definition) is 1. The lowest BCUT2D eigenvalue weighted by Gasteiger charge is -2.05. The van der Waals surface area contributed by atoms with Gasteiger partial charge < -0.3 is 5.73 Å². The standard InChI is InChI=1S/C14H17N5S/c1-2-3-9-11(15)13-18-19-12(16-17-14(19)20-13)10-7-5-4-6-8-10/h4-8,11H,2-3,9,15H2,1H3. The summed E-state index contributed by atoms with van der Waals surface area (Å²) in [5.41, 5.74) is 7.19. The van der Waals surface area contributed by atoms with Crippen molar-refractivity contribution in [3.63, 3.8) is 0 Å². The second kappa shape index (κ2) is 5.68. The van der Waals surface area contributed by atoms with Gasteiger partial charge >= 0.3 is 0 Å². The predicted molar refractivity (Wildman–Crippen MR) is 80.5 cm³/mol. The minimum Gasteiger partial charge on any atom is -0.322 e. The number of benzene rings is 1. The number of aromatic nitrogens is 4. The Hall–Kier alpha value is -1.79. The third kappa shape index (κ3) is 2.44. The molecule has 3 aromatic rings. The lowest BCUT2D eigenvalue weighted by molar-refractivity contribution is 0.593.